The lowest BCUT2D eigenvalue weighted by Gasteiger charge is -2.32. The molecule has 0 spiro atoms. The summed E-state index contributed by atoms with van der Waals surface area (Å²) < 4.78 is 0. The summed E-state index contributed by atoms with van der Waals surface area (Å²) in [4.78, 5) is 9.28. The summed E-state index contributed by atoms with van der Waals surface area (Å²) in [5.74, 6) is 2.77. The minimum absolute atomic E-state index is 0.0942. The highest BCUT2D eigenvalue weighted by atomic mass is 16.3. The van der Waals surface area contributed by atoms with Crippen molar-refractivity contribution >= 4 is 11.6 Å². The first-order valence-electron chi connectivity index (χ1n) is 7.94. The third-order valence-corrected chi connectivity index (χ3v) is 4.06. The second-order valence-electron chi connectivity index (χ2n) is 5.86. The van der Waals surface area contributed by atoms with Crippen molar-refractivity contribution in [1.29, 1.82) is 0 Å². The lowest BCUT2D eigenvalue weighted by molar-refractivity contribution is 0.202. The van der Waals surface area contributed by atoms with Crippen LogP contribution in [0.3, 0.4) is 0 Å². The summed E-state index contributed by atoms with van der Waals surface area (Å²) in [5.41, 5.74) is 0.678. The quantitative estimate of drug-likeness (QED) is 0.686. The van der Waals surface area contributed by atoms with E-state index in [4.69, 9.17) is 0 Å². The van der Waals surface area contributed by atoms with Crippen LogP contribution in [0.25, 0.3) is 0 Å². The number of aliphatic hydroxyl groups is 1. The smallest absolute Gasteiger partial charge is 0.135 e. The number of rotatable bonds is 8. The fourth-order valence-electron chi connectivity index (χ4n) is 2.19. The molecule has 0 unspecified atom stereocenters. The summed E-state index contributed by atoms with van der Waals surface area (Å²) in [6.45, 7) is 13.3. The van der Waals surface area contributed by atoms with Gasteiger partial charge in [0.1, 0.15) is 17.5 Å². The maximum atomic E-state index is 9.76. The molecular formula is C16H30N4O. The predicted octanol–water partition coefficient (Wildman–Crippen LogP) is 3.30. The number of hydrogen-bond acceptors (Lipinski definition) is 5. The third kappa shape index (κ3) is 4.06. The van der Waals surface area contributed by atoms with Crippen LogP contribution >= 0.6 is 0 Å². The number of hydrogen-bond donors (Lipinski definition) is 3. The Labute approximate surface area is 128 Å². The van der Waals surface area contributed by atoms with E-state index in [2.05, 4.69) is 55.2 Å². The second kappa shape index (κ2) is 7.59. The van der Waals surface area contributed by atoms with Crippen LogP contribution in [0.4, 0.5) is 11.6 Å². The Morgan fingerprint density at radius 1 is 1.10 bits per heavy atom. The van der Waals surface area contributed by atoms with Crippen LogP contribution < -0.4 is 10.6 Å². The lowest BCUT2D eigenvalue weighted by atomic mass is 9.93. The highest BCUT2D eigenvalue weighted by Gasteiger charge is 2.27. The van der Waals surface area contributed by atoms with Gasteiger partial charge in [0.2, 0.25) is 0 Å². The van der Waals surface area contributed by atoms with Crippen LogP contribution in [0.5, 0.6) is 0 Å². The monoisotopic (exact) mass is 294 g/mol. The molecule has 5 heteroatoms. The number of nitrogens with one attached hydrogen (secondary N) is 2. The van der Waals surface area contributed by atoms with E-state index in [0.717, 1.165) is 42.4 Å². The largest absolute Gasteiger partial charge is 0.394 e. The summed E-state index contributed by atoms with van der Waals surface area (Å²) in [6, 6.07) is 0. The van der Waals surface area contributed by atoms with Gasteiger partial charge in [0.25, 0.3) is 0 Å². The van der Waals surface area contributed by atoms with E-state index < -0.39 is 0 Å². The van der Waals surface area contributed by atoms with E-state index in [9.17, 15) is 5.11 Å². The molecule has 1 heterocycles. The molecule has 0 radical (unpaired) electrons. The molecule has 21 heavy (non-hydrogen) atoms. The summed E-state index contributed by atoms with van der Waals surface area (Å²) in [7, 11) is 0. The highest BCUT2D eigenvalue weighted by Crippen LogP contribution is 2.28. The molecule has 0 aliphatic carbocycles. The van der Waals surface area contributed by atoms with Gasteiger partial charge < -0.3 is 15.7 Å². The fourth-order valence-corrected chi connectivity index (χ4v) is 2.19. The summed E-state index contributed by atoms with van der Waals surface area (Å²) in [6.07, 6.45) is 1.69. The molecule has 0 bridgehead atoms. The third-order valence-electron chi connectivity index (χ3n) is 4.06. The maximum Gasteiger partial charge on any atom is 0.135 e. The Hall–Kier alpha value is -1.36. The minimum Gasteiger partial charge on any atom is -0.394 e. The zero-order valence-corrected chi connectivity index (χ0v) is 14.2. The first kappa shape index (κ1) is 17.7. The Bertz CT molecular complexity index is 448. The molecule has 5 nitrogen and oxygen atoms in total. The molecule has 0 aliphatic heterocycles. The zero-order valence-electron chi connectivity index (χ0n) is 14.2. The van der Waals surface area contributed by atoms with Gasteiger partial charge in [0.15, 0.2) is 0 Å². The number of aromatic nitrogens is 2. The Balaban J connectivity index is 3.26. The molecule has 1 aromatic rings. The highest BCUT2D eigenvalue weighted by molar-refractivity contribution is 5.58. The van der Waals surface area contributed by atoms with Crippen molar-refractivity contribution in [3.05, 3.63) is 11.4 Å². The number of nitrogens with zero attached hydrogens (tertiary/aromatic N) is 2. The van der Waals surface area contributed by atoms with Crippen molar-refractivity contribution < 1.29 is 5.11 Å². The second-order valence-corrected chi connectivity index (χ2v) is 5.86. The molecule has 0 saturated heterocycles. The van der Waals surface area contributed by atoms with Crippen LogP contribution in [-0.2, 0) is 0 Å². The molecule has 0 atom stereocenters. The van der Waals surface area contributed by atoms with Gasteiger partial charge in [-0.05, 0) is 26.7 Å². The van der Waals surface area contributed by atoms with E-state index in [1.165, 1.54) is 0 Å². The fraction of sp³-hybridized carbons (Fsp3) is 0.750. The van der Waals surface area contributed by atoms with Crippen LogP contribution in [0.2, 0.25) is 0 Å². The Morgan fingerprint density at radius 3 is 2.10 bits per heavy atom. The van der Waals surface area contributed by atoms with Gasteiger partial charge in [-0.3, -0.25) is 0 Å². The maximum absolute atomic E-state index is 9.76. The normalized spacial score (nSPS) is 11.8. The van der Waals surface area contributed by atoms with Crippen molar-refractivity contribution in [2.24, 2.45) is 0 Å². The van der Waals surface area contributed by atoms with Crippen LogP contribution in [0.15, 0.2) is 0 Å². The number of aliphatic hydroxyl groups excluding tert-OH is 1. The first-order chi connectivity index (χ1) is 9.92. The Kier molecular flexibility index (Phi) is 6.40. The molecule has 1 aromatic heterocycles. The van der Waals surface area contributed by atoms with Gasteiger partial charge >= 0.3 is 0 Å². The zero-order chi connectivity index (χ0) is 16.0. The van der Waals surface area contributed by atoms with Crippen molar-refractivity contribution in [2.75, 3.05) is 23.8 Å². The van der Waals surface area contributed by atoms with E-state index in [-0.39, 0.29) is 18.1 Å². The van der Waals surface area contributed by atoms with Gasteiger partial charge in [0.05, 0.1) is 12.1 Å². The van der Waals surface area contributed by atoms with Gasteiger partial charge in [-0.15, -0.1) is 0 Å². The first-order valence-corrected chi connectivity index (χ1v) is 7.94. The van der Waals surface area contributed by atoms with Crippen molar-refractivity contribution in [3.63, 3.8) is 0 Å². The molecule has 0 aromatic carbocycles. The SMILES string of the molecule is CCNc1nc(C(C)C)nc(NC(CC)(CC)CO)c1C. The summed E-state index contributed by atoms with van der Waals surface area (Å²) >= 11 is 0. The van der Waals surface area contributed by atoms with Crippen LogP contribution in [0.1, 0.15) is 64.8 Å². The van der Waals surface area contributed by atoms with Crippen LogP contribution in [0, 0.1) is 6.92 Å². The van der Waals surface area contributed by atoms with Gasteiger partial charge in [-0.2, -0.15) is 0 Å². The van der Waals surface area contributed by atoms with Crippen molar-refractivity contribution in [3.8, 4) is 0 Å². The van der Waals surface area contributed by atoms with Crippen LogP contribution in [-0.4, -0.2) is 33.8 Å². The van der Waals surface area contributed by atoms with Gasteiger partial charge in [0, 0.05) is 18.0 Å². The van der Waals surface area contributed by atoms with Crippen molar-refractivity contribution in [1.82, 2.24) is 9.97 Å². The molecular weight excluding hydrogens is 264 g/mol. The van der Waals surface area contributed by atoms with E-state index in [1.807, 2.05) is 6.92 Å². The van der Waals surface area contributed by atoms with Crippen molar-refractivity contribution in [2.45, 2.75) is 65.8 Å². The molecule has 1 rings (SSSR count). The average Bonchev–Trinajstić information content (AvgIpc) is 2.48. The molecule has 120 valence electrons. The van der Waals surface area contributed by atoms with Gasteiger partial charge in [-0.25, -0.2) is 9.97 Å². The lowest BCUT2D eigenvalue weighted by Crippen LogP contribution is -2.41. The predicted molar refractivity (Wildman–Crippen MR) is 89.0 cm³/mol. The van der Waals surface area contributed by atoms with E-state index in [1.54, 1.807) is 0 Å². The Morgan fingerprint density at radius 2 is 1.67 bits per heavy atom. The molecule has 0 fully saturated rings. The molecule has 3 N–H and O–H groups in total. The standard InChI is InChI=1S/C16H30N4O/c1-7-16(8-2,10-21)20-15-12(6)14(17-9-3)18-13(19-15)11(4)5/h11,21H,7-10H2,1-6H3,(H2,17,18,19,20). The molecule has 0 saturated carbocycles. The van der Waals surface area contributed by atoms with E-state index >= 15 is 0 Å². The molecule has 0 amide bonds. The van der Waals surface area contributed by atoms with Gasteiger partial charge in [-0.1, -0.05) is 27.7 Å². The topological polar surface area (TPSA) is 70.1 Å². The minimum atomic E-state index is -0.323. The summed E-state index contributed by atoms with van der Waals surface area (Å²) in [5, 5.41) is 16.5. The molecule has 0 aliphatic rings. The number of anilines is 2. The van der Waals surface area contributed by atoms with E-state index in [0.29, 0.717) is 0 Å². The average molecular weight is 294 g/mol.